The third-order valence-electron chi connectivity index (χ3n) is 1.61. The highest BCUT2D eigenvalue weighted by molar-refractivity contribution is 9.25. The van der Waals surface area contributed by atoms with E-state index in [0.29, 0.717) is 0 Å². The average molecular weight is 324 g/mol. The smallest absolute Gasteiger partial charge is 0.247 e. The van der Waals surface area contributed by atoms with Crippen molar-refractivity contribution in [3.8, 4) is 0 Å². The molecule has 1 unspecified atom stereocenters. The van der Waals surface area contributed by atoms with Gasteiger partial charge in [-0.15, -0.1) is 0 Å². The van der Waals surface area contributed by atoms with E-state index in [2.05, 4.69) is 31.9 Å². The third-order valence-corrected chi connectivity index (χ3v) is 2.54. The summed E-state index contributed by atoms with van der Waals surface area (Å²) >= 11 is 5.33. The summed E-state index contributed by atoms with van der Waals surface area (Å²) in [5, 5.41) is 9.29. The van der Waals surface area contributed by atoms with E-state index < -0.39 is 9.59 Å². The highest BCUT2D eigenvalue weighted by Crippen LogP contribution is 2.32. The van der Waals surface area contributed by atoms with Crippen LogP contribution < -0.4 is 0 Å². The first-order valence-corrected chi connectivity index (χ1v) is 5.57. The lowest BCUT2D eigenvalue weighted by atomic mass is 10.2. The zero-order valence-electron chi connectivity index (χ0n) is 7.20. The van der Waals surface area contributed by atoms with E-state index in [-0.39, 0.29) is 0 Å². The molecule has 0 aliphatic carbocycles. The van der Waals surface area contributed by atoms with Gasteiger partial charge in [-0.2, -0.15) is 0 Å². The van der Waals surface area contributed by atoms with E-state index in [1.807, 2.05) is 30.3 Å². The van der Waals surface area contributed by atoms with Gasteiger partial charge in [0.15, 0.2) is 0 Å². The molecule has 0 heterocycles. The molecular weight excluding hydrogens is 315 g/mol. The van der Waals surface area contributed by atoms with Gasteiger partial charge in [0, 0.05) is 0 Å². The number of rotatable bonds is 3. The SMILES string of the molecule is OC(/C=C/c1ccccc1)C(F)(Br)Br. The zero-order chi connectivity index (χ0) is 10.6. The van der Waals surface area contributed by atoms with Gasteiger partial charge in [-0.05, 0) is 37.4 Å². The quantitative estimate of drug-likeness (QED) is 0.844. The van der Waals surface area contributed by atoms with Crippen molar-refractivity contribution in [3.63, 3.8) is 0 Å². The van der Waals surface area contributed by atoms with Crippen molar-refractivity contribution in [2.75, 3.05) is 0 Å². The van der Waals surface area contributed by atoms with E-state index in [0.717, 1.165) is 5.56 Å². The molecule has 0 amide bonds. The highest BCUT2D eigenvalue weighted by Gasteiger charge is 2.29. The second-order valence-corrected chi connectivity index (χ2v) is 6.13. The number of alkyl halides is 3. The normalized spacial score (nSPS) is 14.6. The molecule has 0 aliphatic rings. The fourth-order valence-electron chi connectivity index (χ4n) is 0.876. The van der Waals surface area contributed by atoms with Crippen LogP contribution in [0.15, 0.2) is 36.4 Å². The van der Waals surface area contributed by atoms with Gasteiger partial charge < -0.3 is 5.11 Å². The lowest BCUT2D eigenvalue weighted by molar-refractivity contribution is 0.156. The van der Waals surface area contributed by atoms with Crippen molar-refractivity contribution in [2.45, 2.75) is 9.59 Å². The Morgan fingerprint density at radius 3 is 2.36 bits per heavy atom. The van der Waals surface area contributed by atoms with E-state index >= 15 is 0 Å². The maximum Gasteiger partial charge on any atom is 0.247 e. The Bertz CT molecular complexity index is 306. The van der Waals surface area contributed by atoms with Gasteiger partial charge in [0.05, 0.1) is 0 Å². The minimum Gasteiger partial charge on any atom is -0.384 e. The number of aliphatic hydroxyl groups is 1. The van der Waals surface area contributed by atoms with Crippen LogP contribution in [0, 0.1) is 0 Å². The zero-order valence-corrected chi connectivity index (χ0v) is 10.4. The molecule has 1 rings (SSSR count). The molecule has 0 aromatic heterocycles. The summed E-state index contributed by atoms with van der Waals surface area (Å²) in [6.45, 7) is 0. The maximum absolute atomic E-state index is 13.0. The van der Waals surface area contributed by atoms with E-state index in [1.165, 1.54) is 6.08 Å². The molecule has 1 N–H and O–H groups in total. The average Bonchev–Trinajstić information content (AvgIpc) is 2.14. The Kier molecular flexibility index (Phi) is 4.29. The molecule has 0 fully saturated rings. The molecule has 0 saturated carbocycles. The van der Waals surface area contributed by atoms with Gasteiger partial charge >= 0.3 is 0 Å². The van der Waals surface area contributed by atoms with Crippen LogP contribution in [0.3, 0.4) is 0 Å². The van der Waals surface area contributed by atoms with E-state index in [1.54, 1.807) is 6.08 Å². The summed E-state index contributed by atoms with van der Waals surface area (Å²) in [6.07, 6.45) is 1.79. The Morgan fingerprint density at radius 2 is 1.86 bits per heavy atom. The Labute approximate surface area is 98.9 Å². The Hall–Kier alpha value is -0.190. The van der Waals surface area contributed by atoms with Crippen LogP contribution in [0.1, 0.15) is 5.56 Å². The first-order valence-electron chi connectivity index (χ1n) is 3.98. The summed E-state index contributed by atoms with van der Waals surface area (Å²) in [7, 11) is 0. The maximum atomic E-state index is 13.0. The predicted octanol–water partition coefficient (Wildman–Crippen LogP) is 3.47. The summed E-state index contributed by atoms with van der Waals surface area (Å²) < 4.78 is 11.1. The second-order valence-electron chi connectivity index (χ2n) is 2.76. The largest absolute Gasteiger partial charge is 0.384 e. The van der Waals surface area contributed by atoms with E-state index in [9.17, 15) is 9.50 Å². The molecule has 4 heteroatoms. The van der Waals surface area contributed by atoms with Gasteiger partial charge in [-0.3, -0.25) is 0 Å². The molecule has 0 aliphatic heterocycles. The standard InChI is InChI=1S/C10H9Br2FO/c11-10(12,13)9(14)7-6-8-4-2-1-3-5-8/h1-7,9,14H/b7-6+. The van der Waals surface area contributed by atoms with Crippen LogP contribution in [-0.2, 0) is 0 Å². The van der Waals surface area contributed by atoms with Gasteiger partial charge in [0.1, 0.15) is 6.10 Å². The second kappa shape index (κ2) is 5.05. The van der Waals surface area contributed by atoms with Crippen molar-refractivity contribution in [1.82, 2.24) is 0 Å². The lowest BCUT2D eigenvalue weighted by Crippen LogP contribution is -2.22. The Morgan fingerprint density at radius 1 is 1.29 bits per heavy atom. The first kappa shape index (κ1) is 11.9. The summed E-state index contributed by atoms with van der Waals surface area (Å²) in [5.74, 6) is 0. The van der Waals surface area contributed by atoms with Crippen molar-refractivity contribution in [2.24, 2.45) is 0 Å². The molecule has 0 saturated heterocycles. The van der Waals surface area contributed by atoms with Crippen molar-refractivity contribution < 1.29 is 9.50 Å². The molecule has 0 bridgehead atoms. The molecule has 1 aromatic carbocycles. The van der Waals surface area contributed by atoms with Crippen LogP contribution in [0.4, 0.5) is 4.39 Å². The van der Waals surface area contributed by atoms with Crippen LogP contribution in [-0.4, -0.2) is 14.7 Å². The predicted molar refractivity (Wildman–Crippen MR) is 63.2 cm³/mol. The van der Waals surface area contributed by atoms with Gasteiger partial charge in [-0.1, -0.05) is 42.5 Å². The Balaban J connectivity index is 2.66. The van der Waals surface area contributed by atoms with Crippen molar-refractivity contribution in [3.05, 3.63) is 42.0 Å². The third kappa shape index (κ3) is 3.90. The molecule has 1 atom stereocenters. The number of hydrogen-bond acceptors (Lipinski definition) is 1. The van der Waals surface area contributed by atoms with Crippen LogP contribution in [0.5, 0.6) is 0 Å². The van der Waals surface area contributed by atoms with Crippen LogP contribution >= 0.6 is 31.9 Å². The molecule has 14 heavy (non-hydrogen) atoms. The summed E-state index contributed by atoms with van der Waals surface area (Å²) in [5.41, 5.74) is 0.913. The van der Waals surface area contributed by atoms with Gasteiger partial charge in [0.25, 0.3) is 0 Å². The summed E-state index contributed by atoms with van der Waals surface area (Å²) in [4.78, 5) is 0. The minimum absolute atomic E-state index is 0.913. The highest BCUT2D eigenvalue weighted by atomic mass is 79.9. The van der Waals surface area contributed by atoms with Crippen molar-refractivity contribution in [1.29, 1.82) is 0 Å². The number of hydrogen-bond donors (Lipinski definition) is 1. The molecule has 0 spiro atoms. The topological polar surface area (TPSA) is 20.2 Å². The van der Waals surface area contributed by atoms with Gasteiger partial charge in [-0.25, -0.2) is 4.39 Å². The number of halogens is 3. The summed E-state index contributed by atoms with van der Waals surface area (Å²) in [6, 6.07) is 9.37. The van der Waals surface area contributed by atoms with Crippen LogP contribution in [0.25, 0.3) is 6.08 Å². The number of benzene rings is 1. The molecule has 1 aromatic rings. The first-order chi connectivity index (χ1) is 6.50. The van der Waals surface area contributed by atoms with E-state index in [4.69, 9.17) is 0 Å². The fraction of sp³-hybridized carbons (Fsp3) is 0.200. The fourth-order valence-corrected chi connectivity index (χ4v) is 1.18. The van der Waals surface area contributed by atoms with Crippen LogP contribution in [0.2, 0.25) is 0 Å². The minimum atomic E-state index is -1.97. The molecule has 0 radical (unpaired) electrons. The number of aliphatic hydroxyl groups excluding tert-OH is 1. The molecular formula is C10H9Br2FO. The monoisotopic (exact) mass is 322 g/mol. The lowest BCUT2D eigenvalue weighted by Gasteiger charge is -2.13. The van der Waals surface area contributed by atoms with Gasteiger partial charge in [0.2, 0.25) is 3.49 Å². The van der Waals surface area contributed by atoms with Crippen molar-refractivity contribution >= 4 is 37.9 Å². The molecule has 76 valence electrons. The molecule has 1 nitrogen and oxygen atoms in total.